The Bertz CT molecular complexity index is 674. The normalized spacial score (nSPS) is 11.7. The third-order valence-electron chi connectivity index (χ3n) is 3.95. The number of benzene rings is 1. The molecule has 0 bridgehead atoms. The Kier molecular flexibility index (Phi) is 5.08. The summed E-state index contributed by atoms with van der Waals surface area (Å²) < 4.78 is 7.50. The second-order valence-corrected chi connectivity index (χ2v) is 6.52. The molecule has 0 saturated carbocycles. The van der Waals surface area contributed by atoms with Crippen molar-refractivity contribution in [3.63, 3.8) is 0 Å². The molecule has 0 unspecified atom stereocenters. The zero-order valence-electron chi connectivity index (χ0n) is 14.2. The molecule has 2 N–H and O–H groups in total. The van der Waals surface area contributed by atoms with Gasteiger partial charge in [0, 0.05) is 24.0 Å². The van der Waals surface area contributed by atoms with E-state index in [0.717, 1.165) is 11.4 Å². The minimum absolute atomic E-state index is 0.255. The maximum absolute atomic E-state index is 12.4. The van der Waals surface area contributed by atoms with Crippen molar-refractivity contribution in [1.29, 1.82) is 0 Å². The number of nitrogens with two attached hydrogens (primary N) is 1. The number of anilines is 1. The molecule has 124 valence electrons. The van der Waals surface area contributed by atoms with Crippen LogP contribution in [0.15, 0.2) is 36.7 Å². The zero-order chi connectivity index (χ0) is 17.0. The molecule has 0 atom stereocenters. The molecule has 1 heterocycles. The highest BCUT2D eigenvalue weighted by atomic mass is 16.5. The smallest absolute Gasteiger partial charge is 0.316 e. The van der Waals surface area contributed by atoms with Gasteiger partial charge in [-0.05, 0) is 31.5 Å². The Labute approximate surface area is 137 Å². The molecule has 0 saturated heterocycles. The fraction of sp³-hybridized carbons (Fsp3) is 0.444. The molecule has 5 heteroatoms. The lowest BCUT2D eigenvalue weighted by molar-refractivity contribution is -0.149. The van der Waals surface area contributed by atoms with Crippen molar-refractivity contribution in [3.05, 3.63) is 48.0 Å². The molecule has 0 aliphatic heterocycles. The molecule has 0 radical (unpaired) electrons. The van der Waals surface area contributed by atoms with Gasteiger partial charge in [0.05, 0.1) is 12.0 Å². The Hall–Kier alpha value is -2.30. The standard InChI is InChI=1S/C18H25N3O2/c1-13(2)16-20-8-9-21(16)10-11-23-17(22)18(3,4)14-6-5-7-15(19)12-14/h5-9,12-13H,10-11,19H2,1-4H3. The highest BCUT2D eigenvalue weighted by molar-refractivity contribution is 5.82. The number of nitrogens with zero attached hydrogens (tertiary/aromatic N) is 2. The zero-order valence-corrected chi connectivity index (χ0v) is 14.2. The van der Waals surface area contributed by atoms with Crippen LogP contribution in [0.2, 0.25) is 0 Å². The Morgan fingerprint density at radius 3 is 2.78 bits per heavy atom. The van der Waals surface area contributed by atoms with Gasteiger partial charge in [-0.2, -0.15) is 0 Å². The Morgan fingerprint density at radius 1 is 1.39 bits per heavy atom. The molecule has 23 heavy (non-hydrogen) atoms. The van der Waals surface area contributed by atoms with E-state index in [1.165, 1.54) is 0 Å². The predicted molar refractivity (Wildman–Crippen MR) is 91.2 cm³/mol. The Morgan fingerprint density at radius 2 is 2.13 bits per heavy atom. The van der Waals surface area contributed by atoms with Crippen LogP contribution in [0.3, 0.4) is 0 Å². The summed E-state index contributed by atoms with van der Waals surface area (Å²) in [4.78, 5) is 16.8. The number of imidazole rings is 1. The van der Waals surface area contributed by atoms with Gasteiger partial charge in [-0.25, -0.2) is 4.98 Å². The Balaban J connectivity index is 1.97. The molecule has 0 amide bonds. The molecule has 0 aliphatic rings. The van der Waals surface area contributed by atoms with Crippen molar-refractivity contribution in [2.45, 2.75) is 45.6 Å². The fourth-order valence-electron chi connectivity index (χ4n) is 2.47. The maximum Gasteiger partial charge on any atom is 0.316 e. The minimum atomic E-state index is -0.731. The third kappa shape index (κ3) is 3.92. The predicted octanol–water partition coefficient (Wildman–Crippen LogP) is 3.11. The van der Waals surface area contributed by atoms with Crippen LogP contribution in [-0.2, 0) is 21.5 Å². The van der Waals surface area contributed by atoms with Gasteiger partial charge in [-0.15, -0.1) is 0 Å². The first-order valence-electron chi connectivity index (χ1n) is 7.86. The number of hydrogen-bond donors (Lipinski definition) is 1. The second-order valence-electron chi connectivity index (χ2n) is 6.52. The summed E-state index contributed by atoms with van der Waals surface area (Å²) in [6, 6.07) is 7.36. The average Bonchev–Trinajstić information content (AvgIpc) is 2.95. The monoisotopic (exact) mass is 315 g/mol. The summed E-state index contributed by atoms with van der Waals surface area (Å²) in [5.74, 6) is 1.08. The van der Waals surface area contributed by atoms with Crippen LogP contribution in [0.25, 0.3) is 0 Å². The summed E-state index contributed by atoms with van der Waals surface area (Å²) in [7, 11) is 0. The number of esters is 1. The quantitative estimate of drug-likeness (QED) is 0.657. The molecule has 2 rings (SSSR count). The number of carbonyl (C=O) groups is 1. The van der Waals surface area contributed by atoms with E-state index >= 15 is 0 Å². The van der Waals surface area contributed by atoms with E-state index < -0.39 is 5.41 Å². The molecule has 5 nitrogen and oxygen atoms in total. The molecule has 0 fully saturated rings. The van der Waals surface area contributed by atoms with Gasteiger partial charge in [0.25, 0.3) is 0 Å². The van der Waals surface area contributed by atoms with E-state index in [9.17, 15) is 4.79 Å². The second kappa shape index (κ2) is 6.86. The molecule has 1 aromatic heterocycles. The van der Waals surface area contributed by atoms with Crippen LogP contribution in [-0.4, -0.2) is 22.1 Å². The first kappa shape index (κ1) is 17.1. The van der Waals surface area contributed by atoms with E-state index in [1.807, 2.05) is 42.8 Å². The summed E-state index contributed by atoms with van der Waals surface area (Å²) in [5.41, 5.74) is 6.57. The molecule has 2 aromatic rings. The molecule has 0 aliphatic carbocycles. The number of ether oxygens (including phenoxy) is 1. The molecule has 0 spiro atoms. The lowest BCUT2D eigenvalue weighted by Gasteiger charge is -2.23. The third-order valence-corrected chi connectivity index (χ3v) is 3.95. The molecular weight excluding hydrogens is 290 g/mol. The van der Waals surface area contributed by atoms with Crippen molar-refractivity contribution in [2.75, 3.05) is 12.3 Å². The van der Waals surface area contributed by atoms with Crippen LogP contribution in [0.1, 0.15) is 45.0 Å². The van der Waals surface area contributed by atoms with Crippen LogP contribution in [0, 0.1) is 0 Å². The largest absolute Gasteiger partial charge is 0.463 e. The van der Waals surface area contributed by atoms with Crippen molar-refractivity contribution in [1.82, 2.24) is 9.55 Å². The van der Waals surface area contributed by atoms with E-state index in [4.69, 9.17) is 10.5 Å². The summed E-state index contributed by atoms with van der Waals surface area (Å²) in [6.45, 7) is 8.80. The van der Waals surface area contributed by atoms with Gasteiger partial charge in [-0.1, -0.05) is 26.0 Å². The van der Waals surface area contributed by atoms with Gasteiger partial charge in [0.1, 0.15) is 12.4 Å². The van der Waals surface area contributed by atoms with Gasteiger partial charge in [0.15, 0.2) is 0 Å². The summed E-state index contributed by atoms with van der Waals surface area (Å²) >= 11 is 0. The van der Waals surface area contributed by atoms with Gasteiger partial charge in [-0.3, -0.25) is 4.79 Å². The van der Waals surface area contributed by atoms with Crippen LogP contribution in [0.5, 0.6) is 0 Å². The minimum Gasteiger partial charge on any atom is -0.463 e. The maximum atomic E-state index is 12.4. The number of aromatic nitrogens is 2. The van der Waals surface area contributed by atoms with E-state index in [-0.39, 0.29) is 5.97 Å². The van der Waals surface area contributed by atoms with Gasteiger partial charge in [0.2, 0.25) is 0 Å². The lowest BCUT2D eigenvalue weighted by Crippen LogP contribution is -2.32. The van der Waals surface area contributed by atoms with Crippen LogP contribution < -0.4 is 5.73 Å². The number of hydrogen-bond acceptors (Lipinski definition) is 4. The van der Waals surface area contributed by atoms with Gasteiger partial charge < -0.3 is 15.0 Å². The number of carbonyl (C=O) groups excluding carboxylic acids is 1. The summed E-state index contributed by atoms with van der Waals surface area (Å²) in [6.07, 6.45) is 3.68. The molecule has 1 aromatic carbocycles. The first-order valence-corrected chi connectivity index (χ1v) is 7.86. The van der Waals surface area contributed by atoms with Crippen LogP contribution >= 0.6 is 0 Å². The van der Waals surface area contributed by atoms with Crippen LogP contribution in [0.4, 0.5) is 5.69 Å². The topological polar surface area (TPSA) is 70.1 Å². The lowest BCUT2D eigenvalue weighted by atomic mass is 9.84. The molecular formula is C18H25N3O2. The highest BCUT2D eigenvalue weighted by Gasteiger charge is 2.31. The highest BCUT2D eigenvalue weighted by Crippen LogP contribution is 2.26. The van der Waals surface area contributed by atoms with E-state index in [1.54, 1.807) is 12.3 Å². The van der Waals surface area contributed by atoms with Crippen molar-refractivity contribution in [2.24, 2.45) is 0 Å². The fourth-order valence-corrected chi connectivity index (χ4v) is 2.47. The number of nitrogen functional groups attached to an aromatic ring is 1. The SMILES string of the molecule is CC(C)c1nccn1CCOC(=O)C(C)(C)c1cccc(N)c1. The average molecular weight is 315 g/mol. The van der Waals surface area contributed by atoms with Crippen molar-refractivity contribution >= 4 is 11.7 Å². The van der Waals surface area contributed by atoms with Crippen molar-refractivity contribution < 1.29 is 9.53 Å². The van der Waals surface area contributed by atoms with E-state index in [2.05, 4.69) is 18.8 Å². The first-order chi connectivity index (χ1) is 10.8. The van der Waals surface area contributed by atoms with Gasteiger partial charge >= 0.3 is 5.97 Å². The van der Waals surface area contributed by atoms with Crippen molar-refractivity contribution in [3.8, 4) is 0 Å². The number of rotatable bonds is 6. The summed E-state index contributed by atoms with van der Waals surface area (Å²) in [5, 5.41) is 0. The van der Waals surface area contributed by atoms with E-state index in [0.29, 0.717) is 24.8 Å².